The molecular weight excluding hydrogens is 188 g/mol. The number of H-pyrrole nitrogens is 1. The predicted molar refractivity (Wildman–Crippen MR) is 55.2 cm³/mol. The number of fused-ring (bicyclic) bond motifs is 1. The molecule has 0 bridgehead atoms. The van der Waals surface area contributed by atoms with Crippen LogP contribution in [-0.4, -0.2) is 15.2 Å². The zero-order chi connectivity index (χ0) is 10.5. The molecule has 0 saturated heterocycles. The molecule has 2 heterocycles. The summed E-state index contributed by atoms with van der Waals surface area (Å²) in [5.74, 6) is 0. The molecule has 1 fully saturated rings. The predicted octanol–water partition coefficient (Wildman–Crippen LogP) is 1.82. The van der Waals surface area contributed by atoms with Crippen LogP contribution >= 0.6 is 0 Å². The minimum Gasteiger partial charge on any atom is -0.282 e. The van der Waals surface area contributed by atoms with Crippen molar-refractivity contribution < 1.29 is 0 Å². The van der Waals surface area contributed by atoms with Gasteiger partial charge in [0.25, 0.3) is 0 Å². The van der Waals surface area contributed by atoms with E-state index < -0.39 is 0 Å². The van der Waals surface area contributed by atoms with Crippen LogP contribution in [-0.2, 0) is 5.41 Å². The van der Waals surface area contributed by atoms with E-state index in [2.05, 4.69) is 21.3 Å². The normalized spacial score (nSPS) is 17.6. The number of rotatable bonds is 1. The van der Waals surface area contributed by atoms with Gasteiger partial charge in [0.2, 0.25) is 0 Å². The third-order valence-electron chi connectivity index (χ3n) is 3.09. The van der Waals surface area contributed by atoms with Crippen molar-refractivity contribution in [2.75, 3.05) is 0 Å². The molecule has 1 aliphatic rings. The molecule has 0 atom stereocenters. The highest BCUT2D eigenvalue weighted by atomic mass is 15.1. The lowest BCUT2D eigenvalue weighted by Crippen LogP contribution is -2.04. The highest BCUT2D eigenvalue weighted by molar-refractivity contribution is 5.81. The highest BCUT2D eigenvalue weighted by Gasteiger charge is 2.46. The van der Waals surface area contributed by atoms with Gasteiger partial charge in [0, 0.05) is 11.1 Å². The number of aromatic amines is 1. The van der Waals surface area contributed by atoms with Crippen molar-refractivity contribution in [3.05, 3.63) is 23.7 Å². The van der Waals surface area contributed by atoms with Gasteiger partial charge in [-0.1, -0.05) is 0 Å². The molecular formula is C11H10N4. The Morgan fingerprint density at radius 2 is 2.33 bits per heavy atom. The Kier molecular flexibility index (Phi) is 1.44. The van der Waals surface area contributed by atoms with Gasteiger partial charge < -0.3 is 0 Å². The molecule has 4 heteroatoms. The maximum atomic E-state index is 9.09. The average Bonchev–Trinajstić information content (AvgIpc) is 2.99. The van der Waals surface area contributed by atoms with Crippen LogP contribution in [0.3, 0.4) is 0 Å². The van der Waals surface area contributed by atoms with Crippen LogP contribution in [0.2, 0.25) is 0 Å². The molecule has 0 spiro atoms. The first-order chi connectivity index (χ1) is 7.25. The van der Waals surface area contributed by atoms with Crippen molar-refractivity contribution in [2.45, 2.75) is 25.2 Å². The van der Waals surface area contributed by atoms with E-state index in [1.165, 1.54) is 0 Å². The van der Waals surface area contributed by atoms with Gasteiger partial charge >= 0.3 is 0 Å². The van der Waals surface area contributed by atoms with Crippen LogP contribution in [0.15, 0.2) is 12.3 Å². The van der Waals surface area contributed by atoms with E-state index in [0.29, 0.717) is 0 Å². The number of nitrogens with zero attached hydrogens (tertiary/aromatic N) is 3. The van der Waals surface area contributed by atoms with Crippen molar-refractivity contribution in [3.8, 4) is 6.07 Å². The summed E-state index contributed by atoms with van der Waals surface area (Å²) in [5, 5.41) is 17.2. The van der Waals surface area contributed by atoms with Crippen LogP contribution in [0, 0.1) is 18.3 Å². The summed E-state index contributed by atoms with van der Waals surface area (Å²) in [5.41, 5.74) is 2.48. The highest BCUT2D eigenvalue weighted by Crippen LogP contribution is 2.47. The molecule has 74 valence electrons. The minimum absolute atomic E-state index is 0.308. The van der Waals surface area contributed by atoms with Crippen molar-refractivity contribution >= 4 is 10.9 Å². The van der Waals surface area contributed by atoms with Gasteiger partial charge in [0.05, 0.1) is 23.4 Å². The second kappa shape index (κ2) is 2.57. The first kappa shape index (κ1) is 8.42. The molecule has 3 rings (SSSR count). The lowest BCUT2D eigenvalue weighted by molar-refractivity contribution is 0.858. The summed E-state index contributed by atoms with van der Waals surface area (Å²) >= 11 is 0. The van der Waals surface area contributed by atoms with E-state index >= 15 is 0 Å². The molecule has 1 aliphatic carbocycles. The largest absolute Gasteiger partial charge is 0.282 e. The molecule has 0 aliphatic heterocycles. The quantitative estimate of drug-likeness (QED) is 0.760. The van der Waals surface area contributed by atoms with E-state index in [4.69, 9.17) is 5.26 Å². The molecule has 2 aromatic heterocycles. The zero-order valence-corrected chi connectivity index (χ0v) is 8.41. The zero-order valence-electron chi connectivity index (χ0n) is 8.41. The third-order valence-corrected chi connectivity index (χ3v) is 3.09. The van der Waals surface area contributed by atoms with E-state index in [0.717, 1.165) is 35.1 Å². The Morgan fingerprint density at radius 1 is 1.53 bits per heavy atom. The van der Waals surface area contributed by atoms with Crippen LogP contribution in [0.4, 0.5) is 0 Å². The molecule has 0 aromatic carbocycles. The van der Waals surface area contributed by atoms with Crippen LogP contribution in [0.1, 0.15) is 24.2 Å². The second-order valence-electron chi connectivity index (χ2n) is 4.13. The van der Waals surface area contributed by atoms with Gasteiger partial charge in [0.15, 0.2) is 0 Å². The summed E-state index contributed by atoms with van der Waals surface area (Å²) in [6, 6.07) is 4.34. The number of aryl methyl sites for hydroxylation is 1. The van der Waals surface area contributed by atoms with E-state index in [9.17, 15) is 0 Å². The van der Waals surface area contributed by atoms with Crippen molar-refractivity contribution in [2.24, 2.45) is 0 Å². The molecule has 15 heavy (non-hydrogen) atoms. The fourth-order valence-electron chi connectivity index (χ4n) is 1.85. The van der Waals surface area contributed by atoms with Crippen LogP contribution < -0.4 is 0 Å². The Hall–Kier alpha value is -1.89. The fraction of sp³-hybridized carbons (Fsp3) is 0.364. The maximum Gasteiger partial charge on any atom is 0.111 e. The summed E-state index contributed by atoms with van der Waals surface area (Å²) < 4.78 is 0. The van der Waals surface area contributed by atoms with Gasteiger partial charge in [-0.3, -0.25) is 10.1 Å². The Bertz CT molecular complexity index is 572. The lowest BCUT2D eigenvalue weighted by Gasteiger charge is -2.03. The molecule has 1 saturated carbocycles. The molecule has 4 nitrogen and oxygen atoms in total. The molecule has 2 aromatic rings. The van der Waals surface area contributed by atoms with E-state index in [1.807, 2.05) is 13.0 Å². The maximum absolute atomic E-state index is 9.09. The van der Waals surface area contributed by atoms with Crippen molar-refractivity contribution in [1.82, 2.24) is 15.2 Å². The first-order valence-electron chi connectivity index (χ1n) is 4.98. The summed E-state index contributed by atoms with van der Waals surface area (Å²) in [4.78, 5) is 4.32. The lowest BCUT2D eigenvalue weighted by atomic mass is 10.0. The molecule has 1 N–H and O–H groups in total. The summed E-state index contributed by atoms with van der Waals surface area (Å²) in [6.45, 7) is 1.98. The van der Waals surface area contributed by atoms with Crippen molar-refractivity contribution in [3.63, 3.8) is 0 Å². The fourth-order valence-corrected chi connectivity index (χ4v) is 1.85. The molecule has 0 unspecified atom stereocenters. The third kappa shape index (κ3) is 1.06. The van der Waals surface area contributed by atoms with Crippen LogP contribution in [0.5, 0.6) is 0 Å². The Labute approximate surface area is 86.9 Å². The van der Waals surface area contributed by atoms with E-state index in [-0.39, 0.29) is 5.41 Å². The molecule has 0 amide bonds. The topological polar surface area (TPSA) is 65.4 Å². The minimum atomic E-state index is -0.308. The average molecular weight is 198 g/mol. The smallest absolute Gasteiger partial charge is 0.111 e. The van der Waals surface area contributed by atoms with Gasteiger partial charge in [-0.15, -0.1) is 0 Å². The number of hydrogen-bond acceptors (Lipinski definition) is 3. The summed E-state index contributed by atoms with van der Waals surface area (Å²) in [7, 11) is 0. The van der Waals surface area contributed by atoms with E-state index in [1.54, 1.807) is 6.20 Å². The number of nitrogens with one attached hydrogen (secondary N) is 1. The number of hydrogen-bond donors (Lipinski definition) is 1. The van der Waals surface area contributed by atoms with Crippen LogP contribution in [0.25, 0.3) is 10.9 Å². The van der Waals surface area contributed by atoms with Gasteiger partial charge in [-0.05, 0) is 25.8 Å². The summed E-state index contributed by atoms with van der Waals surface area (Å²) in [6.07, 6.45) is 3.60. The number of pyridine rings is 1. The standard InChI is InChI=1S/C11H10N4/c1-7-8-4-10(11(6-12)2-3-11)13-5-9(8)15-14-7/h4-5H,2-3H2,1H3,(H,14,15). The van der Waals surface area contributed by atoms with Crippen molar-refractivity contribution in [1.29, 1.82) is 5.26 Å². The molecule has 0 radical (unpaired) electrons. The van der Waals surface area contributed by atoms with Gasteiger partial charge in [-0.2, -0.15) is 10.4 Å². The first-order valence-corrected chi connectivity index (χ1v) is 4.98. The Morgan fingerprint density at radius 3 is 3.00 bits per heavy atom. The monoisotopic (exact) mass is 198 g/mol. The second-order valence-corrected chi connectivity index (χ2v) is 4.13. The SMILES string of the molecule is Cc1[nH]nc2cnc(C3(C#N)CC3)cc12. The van der Waals surface area contributed by atoms with Gasteiger partial charge in [-0.25, -0.2) is 0 Å². The Balaban J connectivity index is 2.22. The number of nitriles is 1. The number of aromatic nitrogens is 3. The van der Waals surface area contributed by atoms with Gasteiger partial charge in [0.1, 0.15) is 5.52 Å².